The van der Waals surface area contributed by atoms with Gasteiger partial charge in [0.15, 0.2) is 0 Å². The van der Waals surface area contributed by atoms with Gasteiger partial charge in [0.1, 0.15) is 5.75 Å². The Kier molecular flexibility index (Phi) is 6.26. The van der Waals surface area contributed by atoms with Crippen LogP contribution in [0.3, 0.4) is 0 Å². The Morgan fingerprint density at radius 1 is 1.09 bits per heavy atom. The molecule has 3 aliphatic heterocycles. The van der Waals surface area contributed by atoms with Crippen molar-refractivity contribution in [2.24, 2.45) is 5.92 Å². The average molecular weight is 456 g/mol. The lowest BCUT2D eigenvalue weighted by molar-refractivity contribution is -0.141. The molecule has 0 N–H and O–H groups in total. The minimum absolute atomic E-state index is 0.0537. The lowest BCUT2D eigenvalue weighted by atomic mass is 9.82. The number of piperazine rings is 1. The third-order valence-corrected chi connectivity index (χ3v) is 7.22. The van der Waals surface area contributed by atoms with Crippen molar-refractivity contribution in [3.63, 3.8) is 0 Å². The van der Waals surface area contributed by atoms with Crippen LogP contribution in [-0.4, -0.2) is 74.8 Å². The molecule has 0 radical (unpaired) electrons. The molecular formula is C25H30ClN3O3. The smallest absolute Gasteiger partial charge is 0.228 e. The van der Waals surface area contributed by atoms with E-state index in [-0.39, 0.29) is 17.9 Å². The van der Waals surface area contributed by atoms with Gasteiger partial charge in [-0.15, -0.1) is 0 Å². The Bertz CT molecular complexity index is 961. The number of halogens is 1. The van der Waals surface area contributed by atoms with Gasteiger partial charge < -0.3 is 19.3 Å². The first-order chi connectivity index (χ1) is 15.6. The van der Waals surface area contributed by atoms with Crippen molar-refractivity contribution in [1.82, 2.24) is 9.80 Å². The number of anilines is 1. The van der Waals surface area contributed by atoms with Gasteiger partial charge in [0, 0.05) is 56.0 Å². The van der Waals surface area contributed by atoms with Crippen molar-refractivity contribution >= 4 is 23.2 Å². The highest BCUT2D eigenvalue weighted by Gasteiger charge is 2.43. The van der Waals surface area contributed by atoms with Crippen LogP contribution in [0.5, 0.6) is 5.75 Å². The molecule has 2 aromatic carbocycles. The number of amides is 1. The largest absolute Gasteiger partial charge is 0.497 e. The topological polar surface area (TPSA) is 45.2 Å². The van der Waals surface area contributed by atoms with Gasteiger partial charge >= 0.3 is 0 Å². The van der Waals surface area contributed by atoms with Crippen LogP contribution in [0, 0.1) is 5.92 Å². The summed E-state index contributed by atoms with van der Waals surface area (Å²) in [6, 6.07) is 14.5. The molecule has 0 saturated carbocycles. The molecule has 170 valence electrons. The van der Waals surface area contributed by atoms with Crippen molar-refractivity contribution in [3.05, 3.63) is 58.6 Å². The highest BCUT2D eigenvalue weighted by atomic mass is 35.5. The third-order valence-electron chi connectivity index (χ3n) is 6.97. The minimum atomic E-state index is -0.0537. The first-order valence-corrected chi connectivity index (χ1v) is 11.8. The van der Waals surface area contributed by atoms with Crippen LogP contribution in [-0.2, 0) is 22.5 Å². The fraction of sp³-hybridized carbons (Fsp3) is 0.480. The number of carbonyl (C=O) groups is 1. The first-order valence-electron chi connectivity index (χ1n) is 11.4. The van der Waals surface area contributed by atoms with Gasteiger partial charge in [-0.2, -0.15) is 0 Å². The standard InChI is InChI=1S/C25H30ClN3O3/c1-31-21-7-4-19-14-22(25(30)28-10-12-32-13-11-28)24-17-27(8-9-29(24)23(19)15-21)16-18-2-5-20(26)6-3-18/h2-7,15,22,24H,8-14,16-17H2,1H3/t22-,24+/m0/s1. The molecular weight excluding hydrogens is 426 g/mol. The number of nitrogens with zero attached hydrogens (tertiary/aromatic N) is 3. The lowest BCUT2D eigenvalue weighted by Crippen LogP contribution is -2.61. The van der Waals surface area contributed by atoms with E-state index in [1.165, 1.54) is 16.8 Å². The van der Waals surface area contributed by atoms with Crippen LogP contribution in [0.15, 0.2) is 42.5 Å². The summed E-state index contributed by atoms with van der Waals surface area (Å²) in [4.78, 5) is 20.5. The van der Waals surface area contributed by atoms with Crippen LogP contribution < -0.4 is 9.64 Å². The predicted octanol–water partition coefficient (Wildman–Crippen LogP) is 3.07. The quantitative estimate of drug-likeness (QED) is 0.709. The van der Waals surface area contributed by atoms with Gasteiger partial charge in [-0.3, -0.25) is 9.69 Å². The van der Waals surface area contributed by atoms with E-state index in [1.54, 1.807) is 7.11 Å². The van der Waals surface area contributed by atoms with Gasteiger partial charge in [-0.05, 0) is 35.7 Å². The van der Waals surface area contributed by atoms with E-state index in [0.717, 1.165) is 43.4 Å². The summed E-state index contributed by atoms with van der Waals surface area (Å²) < 4.78 is 11.0. The van der Waals surface area contributed by atoms with Crippen LogP contribution in [0.2, 0.25) is 5.02 Å². The Morgan fingerprint density at radius 2 is 1.88 bits per heavy atom. The van der Waals surface area contributed by atoms with Crippen molar-refractivity contribution < 1.29 is 14.3 Å². The van der Waals surface area contributed by atoms with Crippen LogP contribution >= 0.6 is 11.6 Å². The van der Waals surface area contributed by atoms with E-state index >= 15 is 0 Å². The Hall–Kier alpha value is -2.28. The highest BCUT2D eigenvalue weighted by Crippen LogP contribution is 2.39. The summed E-state index contributed by atoms with van der Waals surface area (Å²) in [5.41, 5.74) is 3.70. The number of hydrogen-bond acceptors (Lipinski definition) is 5. The summed E-state index contributed by atoms with van der Waals surface area (Å²) in [6.45, 7) is 6.20. The number of ether oxygens (including phenoxy) is 2. The number of benzene rings is 2. The van der Waals surface area contributed by atoms with Crippen LogP contribution in [0.4, 0.5) is 5.69 Å². The number of fused-ring (bicyclic) bond motifs is 3. The molecule has 0 aliphatic carbocycles. The number of rotatable bonds is 4. The number of carbonyl (C=O) groups excluding carboxylic acids is 1. The second-order valence-electron chi connectivity index (χ2n) is 8.87. The summed E-state index contributed by atoms with van der Waals surface area (Å²) in [6.07, 6.45) is 0.769. The van der Waals surface area contributed by atoms with E-state index in [2.05, 4.69) is 34.1 Å². The molecule has 7 heteroatoms. The van der Waals surface area contributed by atoms with Crippen LogP contribution in [0.25, 0.3) is 0 Å². The van der Waals surface area contributed by atoms with Crippen molar-refractivity contribution in [1.29, 1.82) is 0 Å². The normalized spacial score (nSPS) is 23.4. The molecule has 3 heterocycles. The Morgan fingerprint density at radius 3 is 2.62 bits per heavy atom. The van der Waals surface area contributed by atoms with E-state index in [0.29, 0.717) is 26.3 Å². The SMILES string of the molecule is COc1ccc2c(c1)N1CCN(Cc3ccc(Cl)cc3)C[C@@H]1[C@@H](C(=O)N1CCOCC1)C2. The number of hydrogen-bond donors (Lipinski definition) is 0. The van der Waals surface area contributed by atoms with E-state index in [9.17, 15) is 4.79 Å². The van der Waals surface area contributed by atoms with E-state index in [1.807, 2.05) is 23.1 Å². The Balaban J connectivity index is 1.41. The molecule has 32 heavy (non-hydrogen) atoms. The average Bonchev–Trinajstić information content (AvgIpc) is 2.84. The zero-order valence-electron chi connectivity index (χ0n) is 18.5. The fourth-order valence-electron chi connectivity index (χ4n) is 5.26. The maximum Gasteiger partial charge on any atom is 0.228 e. The Labute approximate surface area is 194 Å². The fourth-order valence-corrected chi connectivity index (χ4v) is 5.38. The van der Waals surface area contributed by atoms with E-state index < -0.39 is 0 Å². The molecule has 5 rings (SSSR count). The molecule has 2 fully saturated rings. The summed E-state index contributed by atoms with van der Waals surface area (Å²) in [7, 11) is 1.71. The molecule has 2 atom stereocenters. The molecule has 0 unspecified atom stereocenters. The maximum atomic E-state index is 13.6. The second kappa shape index (κ2) is 9.30. The molecule has 0 bridgehead atoms. The van der Waals surface area contributed by atoms with Crippen molar-refractivity contribution in [2.45, 2.75) is 19.0 Å². The molecule has 0 spiro atoms. The summed E-state index contributed by atoms with van der Waals surface area (Å²) in [5.74, 6) is 1.07. The number of morpholine rings is 1. The monoisotopic (exact) mass is 455 g/mol. The van der Waals surface area contributed by atoms with Gasteiger partial charge in [0.05, 0.1) is 32.3 Å². The van der Waals surface area contributed by atoms with Gasteiger partial charge in [-0.25, -0.2) is 0 Å². The predicted molar refractivity (Wildman–Crippen MR) is 125 cm³/mol. The van der Waals surface area contributed by atoms with Crippen molar-refractivity contribution in [3.8, 4) is 5.75 Å². The van der Waals surface area contributed by atoms with E-state index in [4.69, 9.17) is 21.1 Å². The molecule has 2 saturated heterocycles. The third kappa shape index (κ3) is 4.32. The second-order valence-corrected chi connectivity index (χ2v) is 9.30. The van der Waals surface area contributed by atoms with Gasteiger partial charge in [-0.1, -0.05) is 29.8 Å². The van der Waals surface area contributed by atoms with Crippen LogP contribution in [0.1, 0.15) is 11.1 Å². The minimum Gasteiger partial charge on any atom is -0.497 e. The molecule has 1 amide bonds. The summed E-state index contributed by atoms with van der Waals surface area (Å²) in [5, 5.41) is 0.757. The van der Waals surface area contributed by atoms with Gasteiger partial charge in [0.2, 0.25) is 5.91 Å². The highest BCUT2D eigenvalue weighted by molar-refractivity contribution is 6.30. The number of methoxy groups -OCH3 is 1. The summed E-state index contributed by atoms with van der Waals surface area (Å²) >= 11 is 6.06. The first kappa shape index (κ1) is 21.6. The zero-order valence-corrected chi connectivity index (χ0v) is 19.3. The van der Waals surface area contributed by atoms with Gasteiger partial charge in [0.25, 0.3) is 0 Å². The zero-order chi connectivity index (χ0) is 22.1. The molecule has 3 aliphatic rings. The molecule has 2 aromatic rings. The van der Waals surface area contributed by atoms with Crippen molar-refractivity contribution in [2.75, 3.05) is 57.9 Å². The molecule has 6 nitrogen and oxygen atoms in total. The maximum absolute atomic E-state index is 13.6. The lowest BCUT2D eigenvalue weighted by Gasteiger charge is -2.50. The molecule has 0 aromatic heterocycles.